The van der Waals surface area contributed by atoms with Crippen LogP contribution in [0.4, 0.5) is 0 Å². The molecule has 0 spiro atoms. The summed E-state index contributed by atoms with van der Waals surface area (Å²) < 4.78 is 3.85. The van der Waals surface area contributed by atoms with Crippen molar-refractivity contribution < 1.29 is 9.90 Å². The van der Waals surface area contributed by atoms with Gasteiger partial charge in [0.15, 0.2) is 0 Å². The second-order valence-electron chi connectivity index (χ2n) is 5.31. The van der Waals surface area contributed by atoms with Crippen LogP contribution in [0.2, 0.25) is 0 Å². The minimum atomic E-state index is -0.355. The van der Waals surface area contributed by atoms with Crippen molar-refractivity contribution >= 4 is 17.4 Å². The summed E-state index contributed by atoms with van der Waals surface area (Å²) in [5, 5.41) is 16.2. The van der Waals surface area contributed by atoms with E-state index < -0.39 is 0 Å². The molecule has 5 nitrogen and oxygen atoms in total. The van der Waals surface area contributed by atoms with Gasteiger partial charge in [-0.3, -0.25) is 4.79 Å². The summed E-state index contributed by atoms with van der Waals surface area (Å²) in [7, 11) is 0. The molecule has 0 aliphatic carbocycles. The molecule has 6 heteroatoms. The summed E-state index contributed by atoms with van der Waals surface area (Å²) in [5.74, 6) is -0.154. The molecule has 1 atom stereocenters. The molecule has 1 heterocycles. The summed E-state index contributed by atoms with van der Waals surface area (Å²) in [4.78, 5) is 12.5. The number of aliphatic hydroxyl groups is 1. The standard InChI is InChI=1S/C12H21N3O2S/c1-5-8(16)6-7-13-11(17)9-10(12(2,3)4)14-15-18-9/h8,16H,5-7H2,1-4H3,(H,13,17). The molecule has 0 fully saturated rings. The quantitative estimate of drug-likeness (QED) is 0.855. The molecule has 0 aliphatic heterocycles. The third kappa shape index (κ3) is 4.03. The molecule has 1 unspecified atom stereocenters. The van der Waals surface area contributed by atoms with Crippen LogP contribution in [-0.4, -0.2) is 33.2 Å². The Morgan fingerprint density at radius 2 is 2.17 bits per heavy atom. The first-order valence-electron chi connectivity index (χ1n) is 6.15. The Kier molecular flexibility index (Phi) is 5.22. The van der Waals surface area contributed by atoms with Gasteiger partial charge in [0.25, 0.3) is 5.91 Å². The maximum atomic E-state index is 12.0. The zero-order valence-corrected chi connectivity index (χ0v) is 12.2. The van der Waals surface area contributed by atoms with Gasteiger partial charge in [-0.1, -0.05) is 32.2 Å². The van der Waals surface area contributed by atoms with Crippen molar-refractivity contribution in [2.75, 3.05) is 6.54 Å². The number of amides is 1. The Bertz CT molecular complexity index is 398. The molecule has 1 aromatic heterocycles. The number of aliphatic hydroxyl groups excluding tert-OH is 1. The summed E-state index contributed by atoms with van der Waals surface area (Å²) in [6.07, 6.45) is 0.914. The maximum Gasteiger partial charge on any atom is 0.264 e. The molecule has 18 heavy (non-hydrogen) atoms. The molecule has 0 bridgehead atoms. The summed E-state index contributed by atoms with van der Waals surface area (Å²) >= 11 is 1.11. The fraction of sp³-hybridized carbons (Fsp3) is 0.750. The van der Waals surface area contributed by atoms with Crippen molar-refractivity contribution in [1.82, 2.24) is 14.9 Å². The Balaban J connectivity index is 2.60. The lowest BCUT2D eigenvalue weighted by molar-refractivity contribution is 0.0943. The number of hydrogen-bond acceptors (Lipinski definition) is 5. The Labute approximate surface area is 112 Å². The highest BCUT2D eigenvalue weighted by Gasteiger charge is 2.26. The molecule has 1 amide bonds. The predicted octanol–water partition coefficient (Wildman–Crippen LogP) is 1.73. The second-order valence-corrected chi connectivity index (χ2v) is 6.06. The van der Waals surface area contributed by atoms with Crippen molar-refractivity contribution in [1.29, 1.82) is 0 Å². The van der Waals surface area contributed by atoms with Gasteiger partial charge in [-0.25, -0.2) is 0 Å². The van der Waals surface area contributed by atoms with Gasteiger partial charge in [0.1, 0.15) is 4.88 Å². The molecule has 0 saturated carbocycles. The van der Waals surface area contributed by atoms with Crippen LogP contribution in [0.3, 0.4) is 0 Å². The molecule has 2 N–H and O–H groups in total. The van der Waals surface area contributed by atoms with Crippen LogP contribution in [0, 0.1) is 0 Å². The smallest absolute Gasteiger partial charge is 0.264 e. The van der Waals surface area contributed by atoms with Gasteiger partial charge in [-0.05, 0) is 24.4 Å². The Morgan fingerprint density at radius 1 is 1.50 bits per heavy atom. The maximum absolute atomic E-state index is 12.0. The van der Waals surface area contributed by atoms with E-state index in [0.717, 1.165) is 17.2 Å². The highest BCUT2D eigenvalue weighted by molar-refractivity contribution is 7.08. The van der Waals surface area contributed by atoms with Gasteiger partial charge < -0.3 is 10.4 Å². The Morgan fingerprint density at radius 3 is 2.72 bits per heavy atom. The van der Waals surface area contributed by atoms with E-state index in [0.29, 0.717) is 24.3 Å². The van der Waals surface area contributed by atoms with Gasteiger partial charge in [0.05, 0.1) is 11.8 Å². The van der Waals surface area contributed by atoms with E-state index in [1.165, 1.54) is 0 Å². The topological polar surface area (TPSA) is 75.1 Å². The highest BCUT2D eigenvalue weighted by atomic mass is 32.1. The summed E-state index contributed by atoms with van der Waals surface area (Å²) in [5.41, 5.74) is 0.531. The van der Waals surface area contributed by atoms with Crippen molar-refractivity contribution in [3.05, 3.63) is 10.6 Å². The van der Waals surface area contributed by atoms with Crippen LogP contribution in [-0.2, 0) is 5.41 Å². The molecule has 0 aromatic carbocycles. The number of carbonyl (C=O) groups is 1. The summed E-state index contributed by atoms with van der Waals surface area (Å²) in [6.45, 7) is 8.39. The van der Waals surface area contributed by atoms with E-state index in [9.17, 15) is 9.90 Å². The van der Waals surface area contributed by atoms with Crippen molar-refractivity contribution in [3.8, 4) is 0 Å². The number of nitrogens with zero attached hydrogens (tertiary/aromatic N) is 2. The molecular formula is C12H21N3O2S. The fourth-order valence-electron chi connectivity index (χ4n) is 1.47. The number of carbonyl (C=O) groups excluding carboxylic acids is 1. The molecule has 0 radical (unpaired) electrons. The van der Waals surface area contributed by atoms with Crippen LogP contribution in [0.1, 0.15) is 55.9 Å². The van der Waals surface area contributed by atoms with Gasteiger partial charge in [-0.15, -0.1) is 5.10 Å². The largest absolute Gasteiger partial charge is 0.393 e. The number of hydrogen-bond donors (Lipinski definition) is 2. The first kappa shape index (κ1) is 15.0. The first-order valence-corrected chi connectivity index (χ1v) is 6.92. The summed E-state index contributed by atoms with van der Waals surface area (Å²) in [6, 6.07) is 0. The first-order chi connectivity index (χ1) is 8.36. The fourth-order valence-corrected chi connectivity index (χ4v) is 2.26. The minimum Gasteiger partial charge on any atom is -0.393 e. The van der Waals surface area contributed by atoms with Crippen LogP contribution >= 0.6 is 11.5 Å². The second kappa shape index (κ2) is 6.24. The molecule has 102 valence electrons. The SMILES string of the molecule is CCC(O)CCNC(=O)c1snnc1C(C)(C)C. The zero-order chi connectivity index (χ0) is 13.8. The van der Waals surface area contributed by atoms with E-state index in [4.69, 9.17) is 0 Å². The third-order valence-corrected chi connectivity index (χ3v) is 3.36. The highest BCUT2D eigenvalue weighted by Crippen LogP contribution is 2.25. The van der Waals surface area contributed by atoms with E-state index in [1.54, 1.807) is 0 Å². The lowest BCUT2D eigenvalue weighted by Gasteiger charge is -2.16. The normalized spacial score (nSPS) is 13.4. The van der Waals surface area contributed by atoms with Crippen LogP contribution in [0.15, 0.2) is 0 Å². The minimum absolute atomic E-state index is 0.154. The third-order valence-electron chi connectivity index (χ3n) is 2.64. The van der Waals surface area contributed by atoms with Crippen LogP contribution < -0.4 is 5.32 Å². The van der Waals surface area contributed by atoms with Crippen molar-refractivity contribution in [2.24, 2.45) is 0 Å². The molecule has 0 saturated heterocycles. The lowest BCUT2D eigenvalue weighted by atomic mass is 9.91. The van der Waals surface area contributed by atoms with Crippen LogP contribution in [0.5, 0.6) is 0 Å². The van der Waals surface area contributed by atoms with Crippen LogP contribution in [0.25, 0.3) is 0 Å². The van der Waals surface area contributed by atoms with Gasteiger partial charge in [0, 0.05) is 12.0 Å². The Hall–Kier alpha value is -1.01. The van der Waals surface area contributed by atoms with Crippen molar-refractivity contribution in [3.63, 3.8) is 0 Å². The number of rotatable bonds is 5. The molecule has 1 aromatic rings. The molecular weight excluding hydrogens is 250 g/mol. The monoisotopic (exact) mass is 271 g/mol. The van der Waals surface area contributed by atoms with Gasteiger partial charge >= 0.3 is 0 Å². The average molecular weight is 271 g/mol. The van der Waals surface area contributed by atoms with E-state index in [1.807, 2.05) is 27.7 Å². The average Bonchev–Trinajstić information content (AvgIpc) is 2.77. The van der Waals surface area contributed by atoms with E-state index in [2.05, 4.69) is 14.9 Å². The number of aromatic nitrogens is 2. The number of nitrogens with one attached hydrogen (secondary N) is 1. The van der Waals surface area contributed by atoms with E-state index in [-0.39, 0.29) is 17.4 Å². The van der Waals surface area contributed by atoms with E-state index >= 15 is 0 Å². The van der Waals surface area contributed by atoms with Gasteiger partial charge in [-0.2, -0.15) is 0 Å². The zero-order valence-electron chi connectivity index (χ0n) is 11.4. The van der Waals surface area contributed by atoms with Gasteiger partial charge in [0.2, 0.25) is 0 Å². The predicted molar refractivity (Wildman–Crippen MR) is 71.9 cm³/mol. The lowest BCUT2D eigenvalue weighted by Crippen LogP contribution is -2.28. The van der Waals surface area contributed by atoms with Crippen molar-refractivity contribution in [2.45, 2.75) is 52.1 Å². The molecule has 1 rings (SSSR count). The molecule has 0 aliphatic rings.